The molecule has 9 nitrogen and oxygen atoms in total. The monoisotopic (exact) mass is 495 g/mol. The Kier molecular flexibility index (Phi) is 6.00. The van der Waals surface area contributed by atoms with Gasteiger partial charge in [0.05, 0.1) is 16.1 Å². The number of piperidine rings is 1. The van der Waals surface area contributed by atoms with E-state index in [4.69, 9.17) is 5.73 Å². The van der Waals surface area contributed by atoms with Gasteiger partial charge in [0.1, 0.15) is 5.82 Å². The number of H-pyrrole nitrogens is 1. The zero-order valence-electron chi connectivity index (χ0n) is 18.4. The second-order valence-corrected chi connectivity index (χ2v) is 11.2. The molecule has 1 aromatic carbocycles. The Morgan fingerprint density at radius 3 is 2.55 bits per heavy atom. The number of benzene rings is 1. The van der Waals surface area contributed by atoms with Gasteiger partial charge >= 0.3 is 0 Å². The molecule has 0 spiro atoms. The van der Waals surface area contributed by atoms with Crippen LogP contribution in [0.5, 0.6) is 0 Å². The van der Waals surface area contributed by atoms with Gasteiger partial charge in [-0.2, -0.15) is 10.1 Å². The summed E-state index contributed by atoms with van der Waals surface area (Å²) in [4.78, 5) is 11.5. The topological polar surface area (TPSA) is 130 Å². The highest BCUT2D eigenvalue weighted by molar-refractivity contribution is 7.90. The van der Waals surface area contributed by atoms with Crippen molar-refractivity contribution in [1.82, 2.24) is 20.2 Å². The van der Waals surface area contributed by atoms with E-state index in [-0.39, 0.29) is 34.6 Å². The van der Waals surface area contributed by atoms with Crippen molar-refractivity contribution >= 4 is 50.7 Å². The fraction of sp³-hybridized carbons (Fsp3) is 0.476. The van der Waals surface area contributed by atoms with Crippen LogP contribution in [0.1, 0.15) is 44.2 Å². The van der Waals surface area contributed by atoms with Gasteiger partial charge in [-0.1, -0.05) is 0 Å². The number of aromatic nitrogens is 4. The highest BCUT2D eigenvalue weighted by Crippen LogP contribution is 2.42. The van der Waals surface area contributed by atoms with Gasteiger partial charge in [0.15, 0.2) is 21.5 Å². The van der Waals surface area contributed by atoms with E-state index in [9.17, 15) is 12.8 Å². The molecule has 1 saturated carbocycles. The number of anilines is 3. The molecule has 2 fully saturated rings. The zero-order chi connectivity index (χ0) is 22.7. The second-order valence-electron chi connectivity index (χ2n) is 9.16. The molecule has 4 N–H and O–H groups in total. The number of hydrogen-bond acceptors (Lipinski definition) is 8. The Balaban J connectivity index is 0.00000259. The van der Waals surface area contributed by atoms with Crippen LogP contribution in [0.4, 0.5) is 22.0 Å². The third-order valence-corrected chi connectivity index (χ3v) is 7.34. The molecule has 178 valence electrons. The number of aromatic amines is 1. The second kappa shape index (κ2) is 8.37. The summed E-state index contributed by atoms with van der Waals surface area (Å²) in [5.74, 6) is 0.574. The number of nitrogens with zero attached hydrogens (tertiary/aromatic N) is 4. The van der Waals surface area contributed by atoms with Crippen molar-refractivity contribution in [2.24, 2.45) is 5.73 Å². The van der Waals surface area contributed by atoms with Crippen molar-refractivity contribution in [2.45, 2.75) is 49.0 Å². The van der Waals surface area contributed by atoms with E-state index < -0.39 is 15.7 Å². The highest BCUT2D eigenvalue weighted by Gasteiger charge is 2.31. The Bertz CT molecular complexity index is 1300. The maximum Gasteiger partial charge on any atom is 0.227 e. The van der Waals surface area contributed by atoms with Crippen LogP contribution in [0, 0.1) is 5.82 Å². The number of rotatable bonds is 5. The van der Waals surface area contributed by atoms with E-state index in [1.165, 1.54) is 12.1 Å². The molecule has 2 aromatic heterocycles. The van der Waals surface area contributed by atoms with Crippen LogP contribution in [0.15, 0.2) is 23.1 Å². The molecule has 0 atom stereocenters. The van der Waals surface area contributed by atoms with Crippen LogP contribution in [-0.4, -0.2) is 53.5 Å². The Labute approximate surface area is 197 Å². The summed E-state index contributed by atoms with van der Waals surface area (Å²) in [6.07, 6.45) is 4.60. The maximum absolute atomic E-state index is 14.9. The van der Waals surface area contributed by atoms with E-state index in [0.717, 1.165) is 31.9 Å². The SMILES string of the molecule is CC1(N)CCN(c2nc(Nc3n[nH]c(C4CC4)c3F)c3cc(S(C)(=O)=O)ccc3n2)CC1.Cl. The first-order chi connectivity index (χ1) is 15.1. The molecular weight excluding hydrogens is 469 g/mol. The van der Waals surface area contributed by atoms with Crippen LogP contribution < -0.4 is 16.0 Å². The first kappa shape index (κ1) is 23.7. The van der Waals surface area contributed by atoms with Gasteiger partial charge in [0.2, 0.25) is 5.95 Å². The van der Waals surface area contributed by atoms with Gasteiger partial charge < -0.3 is 16.0 Å². The smallest absolute Gasteiger partial charge is 0.227 e. The van der Waals surface area contributed by atoms with E-state index in [0.29, 0.717) is 41.5 Å². The van der Waals surface area contributed by atoms with Crippen LogP contribution in [0.2, 0.25) is 0 Å². The average Bonchev–Trinajstić information content (AvgIpc) is 3.51. The lowest BCUT2D eigenvalue weighted by atomic mass is 9.91. The Morgan fingerprint density at radius 1 is 1.21 bits per heavy atom. The fourth-order valence-electron chi connectivity index (χ4n) is 3.96. The number of fused-ring (bicyclic) bond motifs is 1. The number of halogens is 2. The van der Waals surface area contributed by atoms with Crippen LogP contribution >= 0.6 is 12.4 Å². The largest absolute Gasteiger partial charge is 0.341 e. The molecule has 0 radical (unpaired) electrons. The summed E-state index contributed by atoms with van der Waals surface area (Å²) in [7, 11) is -3.44. The predicted molar refractivity (Wildman–Crippen MR) is 128 cm³/mol. The Morgan fingerprint density at radius 2 is 1.91 bits per heavy atom. The van der Waals surface area contributed by atoms with Crippen LogP contribution in [0.3, 0.4) is 0 Å². The summed E-state index contributed by atoms with van der Waals surface area (Å²) in [5.41, 5.74) is 7.08. The molecule has 0 bridgehead atoms. The van der Waals surface area contributed by atoms with Crippen molar-refractivity contribution in [3.63, 3.8) is 0 Å². The molecule has 1 saturated heterocycles. The lowest BCUT2D eigenvalue weighted by molar-refractivity contribution is 0.362. The van der Waals surface area contributed by atoms with Gasteiger partial charge in [-0.3, -0.25) is 5.10 Å². The molecule has 1 aliphatic carbocycles. The average molecular weight is 496 g/mol. The van der Waals surface area contributed by atoms with Gasteiger partial charge in [-0.15, -0.1) is 12.4 Å². The summed E-state index contributed by atoms with van der Waals surface area (Å²) in [6.45, 7) is 3.42. The first-order valence-corrected chi connectivity index (χ1v) is 12.6. The first-order valence-electron chi connectivity index (χ1n) is 10.7. The molecule has 0 unspecified atom stereocenters. The maximum atomic E-state index is 14.9. The summed E-state index contributed by atoms with van der Waals surface area (Å²) in [6, 6.07) is 4.68. The quantitative estimate of drug-likeness (QED) is 0.491. The van der Waals surface area contributed by atoms with Crippen molar-refractivity contribution in [2.75, 3.05) is 29.6 Å². The van der Waals surface area contributed by atoms with Gasteiger partial charge in [0, 0.05) is 36.2 Å². The third kappa shape index (κ3) is 4.75. The molecule has 5 rings (SSSR count). The van der Waals surface area contributed by atoms with Crippen molar-refractivity contribution < 1.29 is 12.8 Å². The van der Waals surface area contributed by atoms with Gasteiger partial charge in [-0.05, 0) is 50.8 Å². The molecule has 3 heterocycles. The standard InChI is InChI=1S/C21H26FN7O2S.ClH/c1-21(23)7-9-29(10-8-21)20-24-15-6-5-13(32(2,30)31)11-14(15)18(26-20)25-19-16(22)17(27-28-19)12-3-4-12;/h5-6,11-12H,3-4,7-10,23H2,1-2H3,(H2,24,25,26,27,28);1H. The summed E-state index contributed by atoms with van der Waals surface area (Å²) >= 11 is 0. The minimum Gasteiger partial charge on any atom is -0.341 e. The molecule has 12 heteroatoms. The number of hydrogen-bond donors (Lipinski definition) is 3. The molecule has 0 amide bonds. The minimum absolute atomic E-state index is 0. The van der Waals surface area contributed by atoms with Gasteiger partial charge in [-0.25, -0.2) is 17.8 Å². The predicted octanol–water partition coefficient (Wildman–Crippen LogP) is 3.26. The summed E-state index contributed by atoms with van der Waals surface area (Å²) < 4.78 is 39.1. The minimum atomic E-state index is -3.44. The van der Waals surface area contributed by atoms with Crippen LogP contribution in [0.25, 0.3) is 10.9 Å². The van der Waals surface area contributed by atoms with E-state index in [1.807, 2.05) is 11.8 Å². The molecule has 1 aliphatic heterocycles. The van der Waals surface area contributed by atoms with Crippen molar-refractivity contribution in [3.8, 4) is 0 Å². The van der Waals surface area contributed by atoms with Crippen molar-refractivity contribution in [3.05, 3.63) is 29.7 Å². The van der Waals surface area contributed by atoms with E-state index in [1.54, 1.807) is 6.07 Å². The molecular formula is C21H27ClFN7O2S. The zero-order valence-corrected chi connectivity index (χ0v) is 20.1. The molecule has 3 aromatic rings. The molecule has 33 heavy (non-hydrogen) atoms. The number of nitrogens with one attached hydrogen (secondary N) is 2. The lowest BCUT2D eigenvalue weighted by Gasteiger charge is -2.36. The summed E-state index contributed by atoms with van der Waals surface area (Å²) in [5, 5.41) is 10.3. The normalized spacial score (nSPS) is 18.2. The number of sulfone groups is 1. The van der Waals surface area contributed by atoms with Crippen LogP contribution in [-0.2, 0) is 9.84 Å². The molecule has 2 aliphatic rings. The fourth-order valence-corrected chi connectivity index (χ4v) is 4.61. The van der Waals surface area contributed by atoms with Gasteiger partial charge in [0.25, 0.3) is 0 Å². The Hall–Kier alpha value is -2.50. The van der Waals surface area contributed by atoms with Crippen molar-refractivity contribution in [1.29, 1.82) is 0 Å². The third-order valence-electron chi connectivity index (χ3n) is 6.23. The van der Waals surface area contributed by atoms with E-state index in [2.05, 4.69) is 25.5 Å². The lowest BCUT2D eigenvalue weighted by Crippen LogP contribution is -2.48. The van der Waals surface area contributed by atoms with E-state index >= 15 is 0 Å². The number of nitrogens with two attached hydrogens (primary N) is 1. The highest BCUT2D eigenvalue weighted by atomic mass is 35.5.